The van der Waals surface area contributed by atoms with Gasteiger partial charge in [0.1, 0.15) is 0 Å². The Morgan fingerprint density at radius 1 is 1.29 bits per heavy atom. The molecule has 4 heteroatoms. The number of nitrogens with two attached hydrogens (primary N) is 2. The van der Waals surface area contributed by atoms with Crippen molar-refractivity contribution in [2.24, 2.45) is 11.6 Å². The Morgan fingerprint density at radius 2 is 1.79 bits per heavy atom. The van der Waals surface area contributed by atoms with E-state index in [0.29, 0.717) is 0 Å². The lowest BCUT2D eigenvalue weighted by molar-refractivity contribution is 0.223. The highest BCUT2D eigenvalue weighted by atomic mass is 32.1. The average molecular weight is 209 g/mol. The van der Waals surface area contributed by atoms with E-state index in [-0.39, 0.29) is 10.7 Å². The van der Waals surface area contributed by atoms with Crippen molar-refractivity contribution in [2.45, 2.75) is 19.4 Å². The van der Waals surface area contributed by atoms with Gasteiger partial charge < -0.3 is 5.73 Å². The van der Waals surface area contributed by atoms with Gasteiger partial charge in [-0.25, -0.2) is 5.84 Å². The number of hydrazine groups is 1. The fourth-order valence-corrected chi connectivity index (χ4v) is 1.49. The zero-order valence-electron chi connectivity index (χ0n) is 8.40. The van der Waals surface area contributed by atoms with Crippen LogP contribution in [0.5, 0.6) is 0 Å². The van der Waals surface area contributed by atoms with Crippen molar-refractivity contribution in [3.63, 3.8) is 0 Å². The van der Waals surface area contributed by atoms with Crippen molar-refractivity contribution in [2.75, 3.05) is 0 Å². The molecular weight excluding hydrogens is 194 g/mol. The molecule has 0 unspecified atom stereocenters. The van der Waals surface area contributed by atoms with E-state index in [1.807, 2.05) is 44.2 Å². The second-order valence-electron chi connectivity index (χ2n) is 3.63. The fraction of sp³-hybridized carbons (Fsp3) is 0.300. The Hall–Kier alpha value is -1.13. The van der Waals surface area contributed by atoms with Crippen LogP contribution in [0.1, 0.15) is 19.4 Å². The summed E-state index contributed by atoms with van der Waals surface area (Å²) in [5, 5.41) is 1.59. The molecule has 0 aliphatic rings. The Morgan fingerprint density at radius 3 is 2.21 bits per heavy atom. The molecule has 0 fully saturated rings. The molecule has 1 rings (SSSR count). The standard InChI is InChI=1S/C10H15N3S/c1-10(2,13(12)9(11)14)8-6-4-3-5-7-8/h3-7H,12H2,1-2H3,(H2,11,14). The summed E-state index contributed by atoms with van der Waals surface area (Å²) in [6.07, 6.45) is 0. The molecule has 0 spiro atoms. The van der Waals surface area contributed by atoms with Crippen LogP contribution in [-0.2, 0) is 5.54 Å². The van der Waals surface area contributed by atoms with Crippen molar-refractivity contribution >= 4 is 17.3 Å². The molecule has 1 aromatic carbocycles. The largest absolute Gasteiger partial charge is 0.375 e. The van der Waals surface area contributed by atoms with E-state index in [0.717, 1.165) is 5.56 Å². The Balaban J connectivity index is 3.02. The normalized spacial score (nSPS) is 11.1. The zero-order valence-corrected chi connectivity index (χ0v) is 9.21. The summed E-state index contributed by atoms with van der Waals surface area (Å²) in [7, 11) is 0. The fourth-order valence-electron chi connectivity index (χ4n) is 1.26. The van der Waals surface area contributed by atoms with Crippen LogP contribution in [0.15, 0.2) is 30.3 Å². The number of hydrogen-bond acceptors (Lipinski definition) is 2. The van der Waals surface area contributed by atoms with Crippen LogP contribution in [-0.4, -0.2) is 10.1 Å². The minimum atomic E-state index is -0.382. The first kappa shape index (κ1) is 10.9. The molecule has 0 saturated carbocycles. The molecule has 4 N–H and O–H groups in total. The highest BCUT2D eigenvalue weighted by Crippen LogP contribution is 2.24. The van der Waals surface area contributed by atoms with Crippen LogP contribution in [0.25, 0.3) is 0 Å². The molecule has 3 nitrogen and oxygen atoms in total. The molecule has 0 heterocycles. The maximum atomic E-state index is 5.79. The average Bonchev–Trinajstić information content (AvgIpc) is 2.18. The summed E-state index contributed by atoms with van der Waals surface area (Å²) < 4.78 is 0. The van der Waals surface area contributed by atoms with Gasteiger partial charge in [0.15, 0.2) is 5.11 Å². The smallest absolute Gasteiger partial charge is 0.181 e. The van der Waals surface area contributed by atoms with Gasteiger partial charge in [0, 0.05) is 0 Å². The quantitative estimate of drug-likeness (QED) is 0.438. The van der Waals surface area contributed by atoms with Crippen molar-refractivity contribution in [1.29, 1.82) is 0 Å². The predicted molar refractivity (Wildman–Crippen MR) is 62.3 cm³/mol. The van der Waals surface area contributed by atoms with Gasteiger partial charge in [-0.05, 0) is 31.6 Å². The summed E-state index contributed by atoms with van der Waals surface area (Å²) >= 11 is 4.85. The summed E-state index contributed by atoms with van der Waals surface area (Å²) in [5.41, 5.74) is 6.19. The third-order valence-corrected chi connectivity index (χ3v) is 2.52. The third kappa shape index (κ3) is 2.02. The zero-order chi connectivity index (χ0) is 10.8. The minimum Gasteiger partial charge on any atom is -0.375 e. The number of hydrogen-bond donors (Lipinski definition) is 2. The van der Waals surface area contributed by atoms with E-state index in [2.05, 4.69) is 0 Å². The van der Waals surface area contributed by atoms with Crippen LogP contribution >= 0.6 is 12.2 Å². The van der Waals surface area contributed by atoms with Crippen molar-refractivity contribution in [3.05, 3.63) is 35.9 Å². The Labute approximate surface area is 89.7 Å². The summed E-state index contributed by atoms with van der Waals surface area (Å²) in [6, 6.07) is 9.88. The second kappa shape index (κ2) is 3.94. The minimum absolute atomic E-state index is 0.193. The number of nitrogens with zero attached hydrogens (tertiary/aromatic N) is 1. The van der Waals surface area contributed by atoms with Crippen molar-refractivity contribution in [3.8, 4) is 0 Å². The lowest BCUT2D eigenvalue weighted by Gasteiger charge is -2.35. The SMILES string of the molecule is CC(C)(c1ccccc1)N(N)C(N)=S. The van der Waals surface area contributed by atoms with E-state index in [1.165, 1.54) is 5.01 Å². The van der Waals surface area contributed by atoms with Crippen molar-refractivity contribution < 1.29 is 0 Å². The maximum absolute atomic E-state index is 5.79. The van der Waals surface area contributed by atoms with Crippen LogP contribution in [0, 0.1) is 0 Å². The molecule has 14 heavy (non-hydrogen) atoms. The van der Waals surface area contributed by atoms with Gasteiger partial charge in [0.25, 0.3) is 0 Å². The van der Waals surface area contributed by atoms with Gasteiger partial charge in [-0.1, -0.05) is 30.3 Å². The van der Waals surface area contributed by atoms with Crippen molar-refractivity contribution in [1.82, 2.24) is 5.01 Å². The van der Waals surface area contributed by atoms with Crippen LogP contribution < -0.4 is 11.6 Å². The van der Waals surface area contributed by atoms with E-state index in [1.54, 1.807) is 0 Å². The number of rotatable bonds is 2. The van der Waals surface area contributed by atoms with Crippen LogP contribution in [0.2, 0.25) is 0 Å². The second-order valence-corrected chi connectivity index (χ2v) is 4.05. The highest BCUT2D eigenvalue weighted by molar-refractivity contribution is 7.80. The lowest BCUT2D eigenvalue weighted by atomic mass is 9.94. The molecule has 0 aromatic heterocycles. The molecule has 0 bridgehead atoms. The topological polar surface area (TPSA) is 55.3 Å². The Bertz CT molecular complexity index is 321. The van der Waals surface area contributed by atoms with Gasteiger partial charge in [0.05, 0.1) is 5.54 Å². The highest BCUT2D eigenvalue weighted by Gasteiger charge is 2.27. The molecule has 0 amide bonds. The van der Waals surface area contributed by atoms with Gasteiger partial charge in [-0.3, -0.25) is 5.01 Å². The van der Waals surface area contributed by atoms with E-state index in [9.17, 15) is 0 Å². The molecule has 0 aliphatic heterocycles. The van der Waals surface area contributed by atoms with E-state index in [4.69, 9.17) is 23.8 Å². The van der Waals surface area contributed by atoms with Gasteiger partial charge in [-0.15, -0.1) is 0 Å². The first-order valence-electron chi connectivity index (χ1n) is 4.36. The predicted octanol–water partition coefficient (Wildman–Crippen LogP) is 1.34. The third-order valence-electron chi connectivity index (χ3n) is 2.32. The van der Waals surface area contributed by atoms with Gasteiger partial charge >= 0.3 is 0 Å². The lowest BCUT2D eigenvalue weighted by Crippen LogP contribution is -2.52. The van der Waals surface area contributed by atoms with Gasteiger partial charge in [-0.2, -0.15) is 0 Å². The summed E-state index contributed by atoms with van der Waals surface area (Å²) in [4.78, 5) is 0. The van der Waals surface area contributed by atoms with E-state index >= 15 is 0 Å². The monoisotopic (exact) mass is 209 g/mol. The maximum Gasteiger partial charge on any atom is 0.181 e. The Kier molecular flexibility index (Phi) is 3.08. The molecule has 76 valence electrons. The molecule has 0 saturated heterocycles. The molecule has 0 radical (unpaired) electrons. The summed E-state index contributed by atoms with van der Waals surface area (Å²) in [6.45, 7) is 3.95. The molecule has 1 aromatic rings. The van der Waals surface area contributed by atoms with Gasteiger partial charge in [0.2, 0.25) is 0 Å². The molecular formula is C10H15N3S. The van der Waals surface area contributed by atoms with Crippen LogP contribution in [0.4, 0.5) is 0 Å². The number of benzene rings is 1. The molecule has 0 aliphatic carbocycles. The first-order chi connectivity index (χ1) is 6.46. The van der Waals surface area contributed by atoms with Crippen LogP contribution in [0.3, 0.4) is 0 Å². The molecule has 0 atom stereocenters. The first-order valence-corrected chi connectivity index (χ1v) is 4.77. The number of thiocarbonyl (C=S) groups is 1. The summed E-state index contributed by atoms with van der Waals surface area (Å²) in [5.74, 6) is 5.79. The van der Waals surface area contributed by atoms with E-state index < -0.39 is 0 Å².